The van der Waals surface area contributed by atoms with Crippen LogP contribution < -0.4 is 16.4 Å². The summed E-state index contributed by atoms with van der Waals surface area (Å²) >= 11 is 2.04. The zero-order valence-corrected chi connectivity index (χ0v) is 16.0. The van der Waals surface area contributed by atoms with Crippen LogP contribution in [0.3, 0.4) is 0 Å². The minimum Gasteiger partial charge on any atom is -0.466 e. The Morgan fingerprint density at radius 1 is 1.44 bits per heavy atom. The van der Waals surface area contributed by atoms with Gasteiger partial charge >= 0.3 is 5.97 Å². The minimum atomic E-state index is -0.734. The number of nitrogens with zero attached hydrogens (tertiary/aromatic N) is 2. The Bertz CT molecular complexity index is 688. The summed E-state index contributed by atoms with van der Waals surface area (Å²) in [5, 5.41) is 0. The first-order valence-electron chi connectivity index (χ1n) is 7.88. The van der Waals surface area contributed by atoms with E-state index in [1.165, 1.54) is 4.90 Å². The van der Waals surface area contributed by atoms with E-state index in [2.05, 4.69) is 4.98 Å². The van der Waals surface area contributed by atoms with Crippen LogP contribution in [0.1, 0.15) is 13.3 Å². The van der Waals surface area contributed by atoms with Gasteiger partial charge in [-0.2, -0.15) is 0 Å². The maximum absolute atomic E-state index is 12.9. The number of carbonyl (C=O) groups is 2. The summed E-state index contributed by atoms with van der Waals surface area (Å²) in [6.07, 6.45) is 6.65. The van der Waals surface area contributed by atoms with E-state index in [0.29, 0.717) is 18.0 Å². The summed E-state index contributed by atoms with van der Waals surface area (Å²) in [6, 6.07) is 4.75. The fourth-order valence-electron chi connectivity index (χ4n) is 2.27. The summed E-state index contributed by atoms with van der Waals surface area (Å²) in [6.45, 7) is 2.20. The molecule has 2 rings (SSSR count). The van der Waals surface area contributed by atoms with Crippen molar-refractivity contribution in [3.05, 3.63) is 48.2 Å². The average molecular weight is 456 g/mol. The lowest BCUT2D eigenvalue weighted by molar-refractivity contribution is -0.142. The quantitative estimate of drug-likeness (QED) is 0.289. The summed E-state index contributed by atoms with van der Waals surface area (Å²) < 4.78 is 4.20. The normalized spacial score (nSPS) is 22.2. The molecule has 0 radical (unpaired) electrons. The number of nitrogens with two attached hydrogens (primary N) is 2. The number of esters is 1. The van der Waals surface area contributed by atoms with E-state index >= 15 is 0 Å². The number of hydrogen-bond acceptors (Lipinski definition) is 6. The van der Waals surface area contributed by atoms with Gasteiger partial charge in [-0.25, -0.2) is 4.98 Å². The zero-order chi connectivity index (χ0) is 18.4. The van der Waals surface area contributed by atoms with Crippen molar-refractivity contribution in [3.63, 3.8) is 0 Å². The maximum atomic E-state index is 12.9. The number of alkyl halides is 1. The molecular formula is C17H21IN4O3. The summed E-state index contributed by atoms with van der Waals surface area (Å²) in [7, 11) is 0. The molecule has 1 aromatic heterocycles. The third kappa shape index (κ3) is 5.10. The highest BCUT2D eigenvalue weighted by molar-refractivity contribution is 14.1. The number of rotatable bonds is 6. The van der Waals surface area contributed by atoms with Crippen molar-refractivity contribution in [2.45, 2.75) is 22.9 Å². The molecule has 8 heteroatoms. The molecule has 1 heterocycles. The van der Waals surface area contributed by atoms with Gasteiger partial charge in [0.25, 0.3) is 5.91 Å². The summed E-state index contributed by atoms with van der Waals surface area (Å²) in [5.41, 5.74) is 12.5. The number of anilines is 1. The van der Waals surface area contributed by atoms with E-state index in [1.807, 2.05) is 22.6 Å². The van der Waals surface area contributed by atoms with Crippen molar-refractivity contribution in [2.75, 3.05) is 18.1 Å². The van der Waals surface area contributed by atoms with E-state index in [0.717, 1.165) is 0 Å². The van der Waals surface area contributed by atoms with E-state index in [-0.39, 0.29) is 24.8 Å². The van der Waals surface area contributed by atoms with Crippen LogP contribution in [0.15, 0.2) is 48.2 Å². The molecule has 0 spiro atoms. The first-order valence-corrected chi connectivity index (χ1v) is 8.96. The zero-order valence-electron chi connectivity index (χ0n) is 13.9. The van der Waals surface area contributed by atoms with Crippen LogP contribution in [0.4, 0.5) is 5.82 Å². The van der Waals surface area contributed by atoms with E-state index in [4.69, 9.17) is 16.2 Å². The molecule has 0 aliphatic heterocycles. The SMILES string of the molecule is CCOC(=O)CCN(C(=O)C1=CC(N)[C@](N)(I)C=C1)c1ccccn1. The van der Waals surface area contributed by atoms with Crippen LogP contribution in [0.2, 0.25) is 0 Å². The van der Waals surface area contributed by atoms with Crippen molar-refractivity contribution < 1.29 is 14.3 Å². The second-order valence-electron chi connectivity index (χ2n) is 5.51. The Hall–Kier alpha value is -1.78. The largest absolute Gasteiger partial charge is 0.466 e. The van der Waals surface area contributed by atoms with Crippen molar-refractivity contribution in [2.24, 2.45) is 11.5 Å². The summed E-state index contributed by atoms with van der Waals surface area (Å²) in [5.74, 6) is -0.199. The lowest BCUT2D eigenvalue weighted by Crippen LogP contribution is -2.49. The van der Waals surface area contributed by atoms with Gasteiger partial charge in [-0.05, 0) is 19.1 Å². The monoisotopic (exact) mass is 456 g/mol. The molecule has 1 amide bonds. The highest BCUT2D eigenvalue weighted by atomic mass is 127. The third-order valence-electron chi connectivity index (χ3n) is 3.65. The molecule has 1 unspecified atom stereocenters. The van der Waals surface area contributed by atoms with Crippen molar-refractivity contribution in [3.8, 4) is 0 Å². The molecule has 7 nitrogen and oxygen atoms in total. The first-order chi connectivity index (χ1) is 11.8. The highest BCUT2D eigenvalue weighted by Crippen LogP contribution is 2.26. The Morgan fingerprint density at radius 3 is 2.80 bits per heavy atom. The van der Waals surface area contributed by atoms with Gasteiger partial charge in [0.15, 0.2) is 0 Å². The topological polar surface area (TPSA) is 112 Å². The van der Waals surface area contributed by atoms with Crippen molar-refractivity contribution >= 4 is 40.3 Å². The number of aromatic nitrogens is 1. The van der Waals surface area contributed by atoms with Gasteiger partial charge in [-0.3, -0.25) is 14.5 Å². The van der Waals surface area contributed by atoms with Crippen molar-refractivity contribution in [1.82, 2.24) is 4.98 Å². The molecule has 25 heavy (non-hydrogen) atoms. The van der Waals surface area contributed by atoms with Gasteiger partial charge in [0.05, 0.1) is 19.1 Å². The number of halogens is 1. The second-order valence-corrected chi connectivity index (χ2v) is 7.38. The minimum absolute atomic E-state index is 0.0757. The number of carbonyl (C=O) groups excluding carboxylic acids is 2. The molecule has 1 aliphatic rings. The van der Waals surface area contributed by atoms with Gasteiger partial charge in [-0.15, -0.1) is 0 Å². The molecular weight excluding hydrogens is 435 g/mol. The Kier molecular flexibility index (Phi) is 6.68. The Labute approximate surface area is 160 Å². The standard InChI is InChI=1S/C17H21IN4O3/c1-2-25-15(23)7-10-22(14-5-3-4-9-21-14)16(24)12-6-8-17(18,20)13(19)11-12/h3-6,8-9,11,13H,2,7,10,19-20H2,1H3/t13?,17-/m0/s1. The molecule has 0 bridgehead atoms. The van der Waals surface area contributed by atoms with Crippen LogP contribution in [0, 0.1) is 0 Å². The van der Waals surface area contributed by atoms with Crippen LogP contribution in [-0.2, 0) is 14.3 Å². The van der Waals surface area contributed by atoms with Gasteiger partial charge in [-0.1, -0.05) is 46.9 Å². The number of hydrogen-bond donors (Lipinski definition) is 2. The van der Waals surface area contributed by atoms with Crippen molar-refractivity contribution in [1.29, 1.82) is 0 Å². The Morgan fingerprint density at radius 2 is 2.20 bits per heavy atom. The molecule has 0 saturated carbocycles. The predicted octanol–water partition coefficient (Wildman–Crippen LogP) is 1.28. The van der Waals surface area contributed by atoms with Gasteiger partial charge < -0.3 is 16.2 Å². The molecule has 1 aromatic rings. The highest BCUT2D eigenvalue weighted by Gasteiger charge is 2.31. The molecule has 0 aromatic carbocycles. The molecule has 4 N–H and O–H groups in total. The molecule has 0 fully saturated rings. The number of pyridine rings is 1. The fourth-order valence-corrected chi connectivity index (χ4v) is 2.63. The average Bonchev–Trinajstić information content (AvgIpc) is 2.58. The summed E-state index contributed by atoms with van der Waals surface area (Å²) in [4.78, 5) is 30.3. The molecule has 0 saturated heterocycles. The maximum Gasteiger partial charge on any atom is 0.307 e. The van der Waals surface area contributed by atoms with E-state index < -0.39 is 9.59 Å². The van der Waals surface area contributed by atoms with Crippen LogP contribution in [0.5, 0.6) is 0 Å². The van der Waals surface area contributed by atoms with Crippen LogP contribution >= 0.6 is 22.6 Å². The van der Waals surface area contributed by atoms with E-state index in [1.54, 1.807) is 49.5 Å². The van der Waals surface area contributed by atoms with Gasteiger partial charge in [0.2, 0.25) is 0 Å². The fraction of sp³-hybridized carbons (Fsp3) is 0.353. The smallest absolute Gasteiger partial charge is 0.307 e. The van der Waals surface area contributed by atoms with E-state index in [9.17, 15) is 9.59 Å². The lowest BCUT2D eigenvalue weighted by Gasteiger charge is -2.29. The molecule has 2 atom stereocenters. The molecule has 1 aliphatic carbocycles. The molecule has 134 valence electrons. The lowest BCUT2D eigenvalue weighted by atomic mass is 9.98. The predicted molar refractivity (Wildman–Crippen MR) is 104 cm³/mol. The first kappa shape index (κ1) is 19.5. The number of amides is 1. The van der Waals surface area contributed by atoms with Gasteiger partial charge in [0, 0.05) is 18.3 Å². The number of ether oxygens (including phenoxy) is 1. The van der Waals surface area contributed by atoms with Crippen LogP contribution in [-0.4, -0.2) is 39.6 Å². The van der Waals surface area contributed by atoms with Crippen LogP contribution in [0.25, 0.3) is 0 Å². The second kappa shape index (κ2) is 8.54. The third-order valence-corrected chi connectivity index (χ3v) is 4.73. The Balaban J connectivity index is 2.22. The van der Waals surface area contributed by atoms with Gasteiger partial charge in [0.1, 0.15) is 9.36 Å².